The summed E-state index contributed by atoms with van der Waals surface area (Å²) >= 11 is 0. The monoisotopic (exact) mass is 254 g/mol. The van der Waals surface area contributed by atoms with Gasteiger partial charge in [0.15, 0.2) is 0 Å². The van der Waals surface area contributed by atoms with Gasteiger partial charge in [0.1, 0.15) is 0 Å². The van der Waals surface area contributed by atoms with Crippen molar-refractivity contribution in [3.8, 4) is 5.88 Å². The van der Waals surface area contributed by atoms with Crippen molar-refractivity contribution in [1.29, 1.82) is 0 Å². The van der Waals surface area contributed by atoms with E-state index in [1.165, 1.54) is 0 Å². The molecule has 0 aliphatic carbocycles. The maximum absolute atomic E-state index is 5.00. The first-order valence-corrected chi connectivity index (χ1v) is 5.01. The average molecular weight is 255 g/mol. The molecule has 0 amide bonds. The largest absolute Gasteiger partial charge is 0.481 e. The van der Waals surface area contributed by atoms with E-state index in [1.807, 2.05) is 30.1 Å². The van der Waals surface area contributed by atoms with Gasteiger partial charge in [-0.05, 0) is 5.56 Å². The predicted molar refractivity (Wildman–Crippen MR) is 68.9 cm³/mol. The highest BCUT2D eigenvalue weighted by Crippen LogP contribution is 2.09. The second kappa shape index (κ2) is 6.10. The SMILES string of the molecule is CNc1cnn(Cc2ccc(OC)nc2)c1.Cl. The fourth-order valence-electron chi connectivity index (χ4n) is 1.39. The zero-order valence-corrected chi connectivity index (χ0v) is 10.6. The van der Waals surface area contributed by atoms with Crippen LogP contribution in [0.2, 0.25) is 0 Å². The minimum Gasteiger partial charge on any atom is -0.481 e. The van der Waals surface area contributed by atoms with Gasteiger partial charge in [0.25, 0.3) is 0 Å². The highest BCUT2D eigenvalue weighted by atomic mass is 35.5. The van der Waals surface area contributed by atoms with Crippen molar-refractivity contribution < 1.29 is 4.74 Å². The standard InChI is InChI=1S/C11H14N4O.ClH/c1-12-10-6-14-15(8-10)7-9-3-4-11(16-2)13-5-9;/h3-6,8,12H,7H2,1-2H3;1H. The van der Waals surface area contributed by atoms with Crippen LogP contribution in [0.4, 0.5) is 5.69 Å². The van der Waals surface area contributed by atoms with E-state index < -0.39 is 0 Å². The van der Waals surface area contributed by atoms with Crippen LogP contribution < -0.4 is 10.1 Å². The van der Waals surface area contributed by atoms with Crippen LogP contribution in [-0.2, 0) is 6.54 Å². The lowest BCUT2D eigenvalue weighted by atomic mass is 10.3. The van der Waals surface area contributed by atoms with E-state index in [0.717, 1.165) is 11.3 Å². The zero-order chi connectivity index (χ0) is 11.4. The number of nitrogens with one attached hydrogen (secondary N) is 1. The van der Waals surface area contributed by atoms with Crippen LogP contribution >= 0.6 is 12.4 Å². The van der Waals surface area contributed by atoms with Gasteiger partial charge >= 0.3 is 0 Å². The third-order valence-electron chi connectivity index (χ3n) is 2.27. The number of halogens is 1. The zero-order valence-electron chi connectivity index (χ0n) is 9.75. The van der Waals surface area contributed by atoms with Crippen LogP contribution in [0.3, 0.4) is 0 Å². The summed E-state index contributed by atoms with van der Waals surface area (Å²) in [5.41, 5.74) is 2.09. The Kier molecular flexibility index (Phi) is 4.78. The molecule has 2 rings (SSSR count). The van der Waals surface area contributed by atoms with Crippen LogP contribution in [0.5, 0.6) is 5.88 Å². The quantitative estimate of drug-likeness (QED) is 0.904. The Bertz CT molecular complexity index is 455. The molecule has 0 aliphatic heterocycles. The maximum Gasteiger partial charge on any atom is 0.212 e. The molecule has 0 spiro atoms. The van der Waals surface area contributed by atoms with E-state index in [0.29, 0.717) is 12.4 Å². The molecule has 0 bridgehead atoms. The Morgan fingerprint density at radius 3 is 2.71 bits per heavy atom. The molecule has 0 aromatic carbocycles. The minimum absolute atomic E-state index is 0. The van der Waals surface area contributed by atoms with Gasteiger partial charge < -0.3 is 10.1 Å². The van der Waals surface area contributed by atoms with Crippen molar-refractivity contribution in [2.24, 2.45) is 0 Å². The number of nitrogens with zero attached hydrogens (tertiary/aromatic N) is 3. The Morgan fingerprint density at radius 2 is 2.18 bits per heavy atom. The van der Waals surface area contributed by atoms with E-state index in [9.17, 15) is 0 Å². The molecule has 0 atom stereocenters. The molecular weight excluding hydrogens is 240 g/mol. The minimum atomic E-state index is 0. The van der Waals surface area contributed by atoms with Crippen molar-refractivity contribution in [3.05, 3.63) is 36.3 Å². The summed E-state index contributed by atoms with van der Waals surface area (Å²) in [6.07, 6.45) is 5.53. The Hall–Kier alpha value is -1.75. The molecule has 17 heavy (non-hydrogen) atoms. The number of pyridine rings is 1. The molecule has 0 aliphatic rings. The van der Waals surface area contributed by atoms with Crippen LogP contribution in [0, 0.1) is 0 Å². The molecule has 0 saturated carbocycles. The lowest BCUT2D eigenvalue weighted by Crippen LogP contribution is -2.00. The molecule has 2 aromatic heterocycles. The van der Waals surface area contributed by atoms with Crippen molar-refractivity contribution in [2.75, 3.05) is 19.5 Å². The van der Waals surface area contributed by atoms with Gasteiger partial charge in [0, 0.05) is 25.5 Å². The van der Waals surface area contributed by atoms with Gasteiger partial charge in [0.05, 0.1) is 25.5 Å². The van der Waals surface area contributed by atoms with E-state index in [4.69, 9.17) is 4.74 Å². The normalized spacial score (nSPS) is 9.53. The summed E-state index contributed by atoms with van der Waals surface area (Å²) in [7, 11) is 3.48. The number of anilines is 1. The summed E-state index contributed by atoms with van der Waals surface area (Å²) in [5, 5.41) is 7.25. The third kappa shape index (κ3) is 3.35. The Balaban J connectivity index is 0.00000144. The lowest BCUT2D eigenvalue weighted by molar-refractivity contribution is 0.397. The first-order valence-electron chi connectivity index (χ1n) is 5.01. The summed E-state index contributed by atoms with van der Waals surface area (Å²) in [6.45, 7) is 0.707. The van der Waals surface area contributed by atoms with Crippen molar-refractivity contribution in [3.63, 3.8) is 0 Å². The molecule has 2 aromatic rings. The highest BCUT2D eigenvalue weighted by molar-refractivity contribution is 5.85. The van der Waals surface area contributed by atoms with E-state index in [1.54, 1.807) is 19.5 Å². The van der Waals surface area contributed by atoms with Crippen LogP contribution in [-0.4, -0.2) is 28.9 Å². The van der Waals surface area contributed by atoms with Crippen LogP contribution in [0.1, 0.15) is 5.56 Å². The molecule has 1 N–H and O–H groups in total. The van der Waals surface area contributed by atoms with Crippen molar-refractivity contribution in [1.82, 2.24) is 14.8 Å². The first-order chi connectivity index (χ1) is 7.81. The molecule has 0 saturated heterocycles. The second-order valence-electron chi connectivity index (χ2n) is 3.39. The molecule has 92 valence electrons. The highest BCUT2D eigenvalue weighted by Gasteiger charge is 1.99. The van der Waals surface area contributed by atoms with Crippen molar-refractivity contribution in [2.45, 2.75) is 6.54 Å². The van der Waals surface area contributed by atoms with Gasteiger partial charge in [-0.1, -0.05) is 6.07 Å². The maximum atomic E-state index is 5.00. The molecule has 5 nitrogen and oxygen atoms in total. The number of hydrogen-bond donors (Lipinski definition) is 1. The molecule has 2 heterocycles. The van der Waals surface area contributed by atoms with Gasteiger partial charge in [-0.15, -0.1) is 12.4 Å². The number of aromatic nitrogens is 3. The fourth-order valence-corrected chi connectivity index (χ4v) is 1.39. The number of hydrogen-bond acceptors (Lipinski definition) is 4. The topological polar surface area (TPSA) is 52.0 Å². The number of ether oxygens (including phenoxy) is 1. The smallest absolute Gasteiger partial charge is 0.212 e. The molecule has 6 heteroatoms. The summed E-state index contributed by atoms with van der Waals surface area (Å²) in [4.78, 5) is 4.14. The van der Waals surface area contributed by atoms with E-state index in [2.05, 4.69) is 15.4 Å². The van der Waals surface area contributed by atoms with Crippen LogP contribution in [0.25, 0.3) is 0 Å². The molecule has 0 fully saturated rings. The summed E-state index contributed by atoms with van der Waals surface area (Å²) < 4.78 is 6.85. The molecule has 0 unspecified atom stereocenters. The molecular formula is C11H15ClN4O. The average Bonchev–Trinajstić information content (AvgIpc) is 2.78. The number of rotatable bonds is 4. The van der Waals surface area contributed by atoms with Gasteiger partial charge in [-0.3, -0.25) is 4.68 Å². The van der Waals surface area contributed by atoms with Gasteiger partial charge in [-0.25, -0.2) is 4.98 Å². The summed E-state index contributed by atoms with van der Waals surface area (Å²) in [6, 6.07) is 3.82. The fraction of sp³-hybridized carbons (Fsp3) is 0.273. The van der Waals surface area contributed by atoms with E-state index >= 15 is 0 Å². The van der Waals surface area contributed by atoms with Crippen LogP contribution in [0.15, 0.2) is 30.7 Å². The predicted octanol–water partition coefficient (Wildman–Crippen LogP) is 1.80. The molecule has 0 radical (unpaired) electrons. The number of methoxy groups -OCH3 is 1. The summed E-state index contributed by atoms with van der Waals surface area (Å²) in [5.74, 6) is 0.625. The van der Waals surface area contributed by atoms with Crippen molar-refractivity contribution >= 4 is 18.1 Å². The third-order valence-corrected chi connectivity index (χ3v) is 2.27. The lowest BCUT2D eigenvalue weighted by Gasteiger charge is -2.02. The van der Waals surface area contributed by atoms with Gasteiger partial charge in [0.2, 0.25) is 5.88 Å². The Labute approximate surface area is 106 Å². The van der Waals surface area contributed by atoms with Gasteiger partial charge in [-0.2, -0.15) is 5.10 Å². The second-order valence-corrected chi connectivity index (χ2v) is 3.39. The first kappa shape index (κ1) is 13.3. The van der Waals surface area contributed by atoms with E-state index in [-0.39, 0.29) is 12.4 Å². The Morgan fingerprint density at radius 1 is 1.35 bits per heavy atom.